The molecule has 188 valence electrons. The molecular formula is C28H26N4O3S2. The van der Waals surface area contributed by atoms with Crippen molar-refractivity contribution in [2.45, 2.75) is 32.4 Å². The molecule has 6 rings (SSSR count). The van der Waals surface area contributed by atoms with Crippen LogP contribution in [0, 0.1) is 5.92 Å². The summed E-state index contributed by atoms with van der Waals surface area (Å²) in [4.78, 5) is 48.7. The Bertz CT molecular complexity index is 1460. The summed E-state index contributed by atoms with van der Waals surface area (Å²) in [5.74, 6) is -0.734. The lowest BCUT2D eigenvalue weighted by atomic mass is 9.95. The van der Waals surface area contributed by atoms with Gasteiger partial charge in [-0.05, 0) is 49.4 Å². The Morgan fingerprint density at radius 3 is 2.84 bits per heavy atom. The highest BCUT2D eigenvalue weighted by Crippen LogP contribution is 2.36. The molecule has 2 unspecified atom stereocenters. The fraction of sp³-hybridized carbons (Fsp3) is 0.286. The number of nitrogens with zero attached hydrogens (tertiary/aromatic N) is 3. The number of hydrogen-bond acceptors (Lipinski definition) is 7. The number of nitrogens with one attached hydrogen (secondary N) is 1. The summed E-state index contributed by atoms with van der Waals surface area (Å²) in [7, 11) is 0. The van der Waals surface area contributed by atoms with Crippen LogP contribution in [0.2, 0.25) is 0 Å². The average molecular weight is 531 g/mol. The molecule has 2 atom stereocenters. The third kappa shape index (κ3) is 4.42. The third-order valence-corrected chi connectivity index (χ3v) is 9.14. The Morgan fingerprint density at radius 1 is 1.16 bits per heavy atom. The fourth-order valence-corrected chi connectivity index (χ4v) is 6.94. The van der Waals surface area contributed by atoms with Crippen LogP contribution in [0.1, 0.15) is 56.4 Å². The smallest absolute Gasteiger partial charge is 0.264 e. The van der Waals surface area contributed by atoms with Crippen molar-refractivity contribution < 1.29 is 14.4 Å². The molecule has 0 bridgehead atoms. The first-order valence-electron chi connectivity index (χ1n) is 12.4. The molecule has 4 heterocycles. The van der Waals surface area contributed by atoms with E-state index in [1.807, 2.05) is 54.8 Å². The number of hydrogen-bond donors (Lipinski definition) is 1. The highest BCUT2D eigenvalue weighted by molar-refractivity contribution is 7.19. The van der Waals surface area contributed by atoms with Crippen molar-refractivity contribution >= 4 is 56.2 Å². The predicted molar refractivity (Wildman–Crippen MR) is 146 cm³/mol. The molecule has 0 radical (unpaired) electrons. The molecular weight excluding hydrogens is 504 g/mol. The maximum Gasteiger partial charge on any atom is 0.264 e. The average Bonchev–Trinajstić information content (AvgIpc) is 3.65. The van der Waals surface area contributed by atoms with E-state index in [2.05, 4.69) is 15.2 Å². The first-order chi connectivity index (χ1) is 18.0. The zero-order chi connectivity index (χ0) is 25.5. The second kappa shape index (κ2) is 9.72. The van der Waals surface area contributed by atoms with Crippen LogP contribution in [0.5, 0.6) is 0 Å². The van der Waals surface area contributed by atoms with Crippen molar-refractivity contribution in [1.29, 1.82) is 0 Å². The van der Waals surface area contributed by atoms with Gasteiger partial charge < -0.3 is 10.2 Å². The van der Waals surface area contributed by atoms with Crippen LogP contribution < -0.4 is 10.2 Å². The summed E-state index contributed by atoms with van der Waals surface area (Å²) in [5, 5.41) is 6.99. The molecule has 9 heteroatoms. The Morgan fingerprint density at radius 2 is 2.03 bits per heavy atom. The van der Waals surface area contributed by atoms with Gasteiger partial charge in [0.05, 0.1) is 35.3 Å². The number of anilines is 1. The first kappa shape index (κ1) is 23.8. The van der Waals surface area contributed by atoms with E-state index in [1.165, 1.54) is 16.2 Å². The van der Waals surface area contributed by atoms with E-state index in [-0.39, 0.29) is 36.2 Å². The van der Waals surface area contributed by atoms with Gasteiger partial charge in [0.2, 0.25) is 5.91 Å². The lowest BCUT2D eigenvalue weighted by Gasteiger charge is -2.35. The van der Waals surface area contributed by atoms with Crippen molar-refractivity contribution in [2.24, 2.45) is 5.92 Å². The van der Waals surface area contributed by atoms with E-state index in [0.29, 0.717) is 17.7 Å². The molecule has 1 N–H and O–H groups in total. The second-order valence-corrected chi connectivity index (χ2v) is 11.6. The number of carbonyl (C=O) groups excluding carboxylic acids is 3. The number of rotatable bonds is 6. The molecule has 2 aromatic carbocycles. The molecule has 3 amide bonds. The second-order valence-electron chi connectivity index (χ2n) is 9.53. The van der Waals surface area contributed by atoms with Gasteiger partial charge in [-0.15, -0.1) is 22.7 Å². The van der Waals surface area contributed by atoms with Crippen LogP contribution in [0.15, 0.2) is 60.1 Å². The summed E-state index contributed by atoms with van der Waals surface area (Å²) in [6.07, 6.45) is 3.36. The Balaban J connectivity index is 1.21. The van der Waals surface area contributed by atoms with Crippen molar-refractivity contribution in [3.05, 3.63) is 81.1 Å². The number of aromatic nitrogens is 1. The van der Waals surface area contributed by atoms with Crippen molar-refractivity contribution in [3.8, 4) is 0 Å². The molecule has 0 saturated carbocycles. The topological polar surface area (TPSA) is 82.6 Å². The highest BCUT2D eigenvalue weighted by Gasteiger charge is 2.39. The zero-order valence-electron chi connectivity index (χ0n) is 20.3. The van der Waals surface area contributed by atoms with Crippen LogP contribution in [0.25, 0.3) is 10.1 Å². The van der Waals surface area contributed by atoms with Crippen LogP contribution in [-0.2, 0) is 11.3 Å². The quantitative estimate of drug-likeness (QED) is 0.345. The van der Waals surface area contributed by atoms with E-state index in [1.54, 1.807) is 23.6 Å². The molecule has 7 nitrogen and oxygen atoms in total. The molecule has 4 aromatic rings. The SMILES string of the molecule is CC(NC(=O)C1CCCN(c2cccc3c2C(=O)N(Cc2cc4ccccc4s2)C3=O)C1)c1nccs1. The Kier molecular flexibility index (Phi) is 6.26. The molecule has 2 aromatic heterocycles. The van der Waals surface area contributed by atoms with Gasteiger partial charge in [0, 0.05) is 34.2 Å². The molecule has 37 heavy (non-hydrogen) atoms. The van der Waals surface area contributed by atoms with E-state index in [9.17, 15) is 14.4 Å². The lowest BCUT2D eigenvalue weighted by Crippen LogP contribution is -2.44. The minimum absolute atomic E-state index is 0.00577. The number of amides is 3. The summed E-state index contributed by atoms with van der Waals surface area (Å²) in [6.45, 7) is 3.44. The zero-order valence-corrected chi connectivity index (χ0v) is 22.0. The normalized spacial score (nSPS) is 18.4. The van der Waals surface area contributed by atoms with Gasteiger partial charge in [-0.3, -0.25) is 19.3 Å². The molecule has 0 spiro atoms. The van der Waals surface area contributed by atoms with Crippen molar-refractivity contribution in [3.63, 3.8) is 0 Å². The highest BCUT2D eigenvalue weighted by atomic mass is 32.1. The summed E-state index contributed by atoms with van der Waals surface area (Å²) >= 11 is 3.12. The Hall–Kier alpha value is -3.56. The number of fused-ring (bicyclic) bond motifs is 2. The number of piperidine rings is 1. The van der Waals surface area contributed by atoms with Crippen LogP contribution >= 0.6 is 22.7 Å². The van der Waals surface area contributed by atoms with Crippen molar-refractivity contribution in [2.75, 3.05) is 18.0 Å². The molecule has 2 aliphatic heterocycles. The summed E-state index contributed by atoms with van der Waals surface area (Å²) < 4.78 is 1.14. The molecule has 2 aliphatic rings. The predicted octanol–water partition coefficient (Wildman–Crippen LogP) is 5.25. The van der Waals surface area contributed by atoms with E-state index in [4.69, 9.17) is 0 Å². The van der Waals surface area contributed by atoms with Crippen LogP contribution in [0.3, 0.4) is 0 Å². The first-order valence-corrected chi connectivity index (χ1v) is 14.1. The minimum Gasteiger partial charge on any atom is -0.370 e. The fourth-order valence-electron chi connectivity index (χ4n) is 5.24. The molecule has 0 aliphatic carbocycles. The lowest BCUT2D eigenvalue weighted by molar-refractivity contribution is -0.125. The number of thiophene rings is 1. The summed E-state index contributed by atoms with van der Waals surface area (Å²) in [5.41, 5.74) is 1.62. The van der Waals surface area contributed by atoms with Gasteiger partial charge in [-0.2, -0.15) is 0 Å². The van der Waals surface area contributed by atoms with Gasteiger partial charge in [-0.1, -0.05) is 24.3 Å². The van der Waals surface area contributed by atoms with Crippen LogP contribution in [0.4, 0.5) is 5.69 Å². The van der Waals surface area contributed by atoms with Gasteiger partial charge in [0.15, 0.2) is 0 Å². The van der Waals surface area contributed by atoms with Gasteiger partial charge in [0.25, 0.3) is 11.8 Å². The number of imide groups is 1. The minimum atomic E-state index is -0.267. The molecule has 1 saturated heterocycles. The maximum atomic E-state index is 13.6. The van der Waals surface area contributed by atoms with Gasteiger partial charge in [-0.25, -0.2) is 4.98 Å². The maximum absolute atomic E-state index is 13.6. The van der Waals surface area contributed by atoms with E-state index < -0.39 is 0 Å². The monoisotopic (exact) mass is 530 g/mol. The largest absolute Gasteiger partial charge is 0.370 e. The number of benzene rings is 2. The molecule has 1 fully saturated rings. The van der Waals surface area contributed by atoms with Crippen molar-refractivity contribution in [1.82, 2.24) is 15.2 Å². The van der Waals surface area contributed by atoms with Crippen LogP contribution in [-0.4, -0.2) is 40.7 Å². The summed E-state index contributed by atoms with van der Waals surface area (Å²) in [6, 6.07) is 15.4. The number of carbonyl (C=O) groups is 3. The number of thiazole rings is 1. The standard InChI is InChI=1S/C28H26N4O3S2/c1-17(26-29-11-13-36-26)30-25(33)19-7-5-12-31(15-19)22-9-4-8-21-24(22)28(35)32(27(21)34)16-20-14-18-6-2-3-10-23(18)37-20/h2-4,6,8-11,13-14,17,19H,5,7,12,15-16H2,1H3,(H,30,33). The van der Waals surface area contributed by atoms with E-state index in [0.717, 1.165) is 45.0 Å². The van der Waals surface area contributed by atoms with Gasteiger partial charge in [0.1, 0.15) is 5.01 Å². The van der Waals surface area contributed by atoms with Gasteiger partial charge >= 0.3 is 0 Å². The third-order valence-electron chi connectivity index (χ3n) is 7.08. The Labute approximate surface area is 222 Å². The van der Waals surface area contributed by atoms with E-state index >= 15 is 0 Å².